The van der Waals surface area contributed by atoms with Gasteiger partial charge in [0.05, 0.1) is 15.7 Å². The number of hydrogen-bond donors (Lipinski definition) is 2. The lowest BCUT2D eigenvalue weighted by molar-refractivity contribution is 1.31. The SMILES string of the molecule is Nc1nc(Nc2ccc(Br)cc2Br)c(Cl)cc1Cl. The highest BCUT2D eigenvalue weighted by atomic mass is 79.9. The van der Waals surface area contributed by atoms with E-state index < -0.39 is 0 Å². The van der Waals surface area contributed by atoms with E-state index in [-0.39, 0.29) is 5.82 Å². The number of nitrogens with one attached hydrogen (secondary N) is 1. The molecule has 0 radical (unpaired) electrons. The first-order valence-electron chi connectivity index (χ1n) is 4.81. The summed E-state index contributed by atoms with van der Waals surface area (Å²) in [4.78, 5) is 4.10. The van der Waals surface area contributed by atoms with Crippen molar-refractivity contribution < 1.29 is 0 Å². The van der Waals surface area contributed by atoms with Gasteiger partial charge in [0.15, 0.2) is 5.82 Å². The number of anilines is 3. The van der Waals surface area contributed by atoms with Gasteiger partial charge < -0.3 is 11.1 Å². The molecule has 94 valence electrons. The molecule has 1 heterocycles. The van der Waals surface area contributed by atoms with Crippen LogP contribution in [-0.2, 0) is 0 Å². The van der Waals surface area contributed by atoms with Crippen LogP contribution >= 0.6 is 55.1 Å². The molecule has 3 nitrogen and oxygen atoms in total. The maximum atomic E-state index is 6.05. The van der Waals surface area contributed by atoms with Crippen LogP contribution in [-0.4, -0.2) is 4.98 Å². The van der Waals surface area contributed by atoms with E-state index in [4.69, 9.17) is 28.9 Å². The molecule has 0 saturated heterocycles. The summed E-state index contributed by atoms with van der Waals surface area (Å²) in [6.07, 6.45) is 0. The number of aromatic nitrogens is 1. The molecule has 1 aromatic carbocycles. The molecular formula is C11H7Br2Cl2N3. The molecule has 0 aliphatic carbocycles. The molecule has 0 bridgehead atoms. The van der Waals surface area contributed by atoms with Gasteiger partial charge in [-0.15, -0.1) is 0 Å². The Morgan fingerprint density at radius 2 is 1.83 bits per heavy atom. The molecule has 18 heavy (non-hydrogen) atoms. The van der Waals surface area contributed by atoms with Gasteiger partial charge in [0, 0.05) is 8.95 Å². The van der Waals surface area contributed by atoms with Crippen molar-refractivity contribution in [2.45, 2.75) is 0 Å². The van der Waals surface area contributed by atoms with Crippen LogP contribution in [0.15, 0.2) is 33.2 Å². The Labute approximate surface area is 131 Å². The molecular weight excluding hydrogens is 405 g/mol. The first-order chi connectivity index (χ1) is 8.47. The highest BCUT2D eigenvalue weighted by Gasteiger charge is 2.09. The molecule has 0 fully saturated rings. The van der Waals surface area contributed by atoms with Crippen molar-refractivity contribution in [3.8, 4) is 0 Å². The minimum Gasteiger partial charge on any atom is -0.382 e. The Balaban J connectivity index is 2.37. The summed E-state index contributed by atoms with van der Waals surface area (Å²) < 4.78 is 1.85. The molecule has 0 saturated carbocycles. The number of pyridine rings is 1. The molecule has 0 atom stereocenters. The molecule has 7 heteroatoms. The van der Waals surface area contributed by atoms with Gasteiger partial charge in [-0.25, -0.2) is 4.98 Å². The fraction of sp³-hybridized carbons (Fsp3) is 0. The van der Waals surface area contributed by atoms with Crippen molar-refractivity contribution in [1.29, 1.82) is 0 Å². The summed E-state index contributed by atoms with van der Waals surface area (Å²) in [7, 11) is 0. The molecule has 2 rings (SSSR count). The van der Waals surface area contributed by atoms with E-state index in [1.54, 1.807) is 6.07 Å². The van der Waals surface area contributed by atoms with Crippen molar-refractivity contribution in [1.82, 2.24) is 4.98 Å². The molecule has 0 unspecified atom stereocenters. The quantitative estimate of drug-likeness (QED) is 0.710. The van der Waals surface area contributed by atoms with Crippen molar-refractivity contribution in [3.05, 3.63) is 43.3 Å². The van der Waals surface area contributed by atoms with Crippen molar-refractivity contribution >= 4 is 72.4 Å². The Morgan fingerprint density at radius 3 is 2.50 bits per heavy atom. The van der Waals surface area contributed by atoms with Crippen LogP contribution in [0, 0.1) is 0 Å². The lowest BCUT2D eigenvalue weighted by atomic mass is 10.3. The fourth-order valence-electron chi connectivity index (χ4n) is 1.29. The fourth-order valence-corrected chi connectivity index (χ4v) is 2.84. The van der Waals surface area contributed by atoms with E-state index >= 15 is 0 Å². The van der Waals surface area contributed by atoms with Gasteiger partial charge >= 0.3 is 0 Å². The van der Waals surface area contributed by atoms with Gasteiger partial charge in [0.1, 0.15) is 5.82 Å². The Morgan fingerprint density at radius 1 is 1.11 bits per heavy atom. The Kier molecular flexibility index (Phi) is 4.37. The molecule has 0 amide bonds. The van der Waals surface area contributed by atoms with E-state index in [2.05, 4.69) is 42.2 Å². The minimum atomic E-state index is 0.233. The number of nitrogen functional groups attached to an aromatic ring is 1. The highest BCUT2D eigenvalue weighted by molar-refractivity contribution is 9.11. The normalized spacial score (nSPS) is 10.4. The maximum absolute atomic E-state index is 6.05. The van der Waals surface area contributed by atoms with E-state index in [1.807, 2.05) is 18.2 Å². The van der Waals surface area contributed by atoms with Crippen LogP contribution in [0.1, 0.15) is 0 Å². The topological polar surface area (TPSA) is 50.9 Å². The van der Waals surface area contributed by atoms with Crippen LogP contribution < -0.4 is 11.1 Å². The summed E-state index contributed by atoms with van der Waals surface area (Å²) in [5, 5.41) is 3.83. The number of rotatable bonds is 2. The molecule has 2 aromatic rings. The van der Waals surface area contributed by atoms with E-state index in [1.165, 1.54) is 0 Å². The van der Waals surface area contributed by atoms with Gasteiger partial charge in [-0.05, 0) is 40.2 Å². The van der Waals surface area contributed by atoms with Crippen LogP contribution in [0.4, 0.5) is 17.3 Å². The van der Waals surface area contributed by atoms with Crippen molar-refractivity contribution in [2.75, 3.05) is 11.1 Å². The van der Waals surface area contributed by atoms with E-state index in [0.29, 0.717) is 15.9 Å². The van der Waals surface area contributed by atoms with Gasteiger partial charge in [-0.1, -0.05) is 39.1 Å². The first-order valence-corrected chi connectivity index (χ1v) is 7.15. The molecule has 0 aliphatic heterocycles. The number of nitrogens with two attached hydrogens (primary N) is 1. The van der Waals surface area contributed by atoms with Crippen LogP contribution in [0.25, 0.3) is 0 Å². The Hall–Kier alpha value is -0.490. The smallest absolute Gasteiger partial charge is 0.151 e. The third kappa shape index (κ3) is 3.09. The van der Waals surface area contributed by atoms with Gasteiger partial charge in [0.25, 0.3) is 0 Å². The van der Waals surface area contributed by atoms with E-state index in [9.17, 15) is 0 Å². The predicted molar refractivity (Wildman–Crippen MR) is 83.8 cm³/mol. The van der Waals surface area contributed by atoms with Crippen molar-refractivity contribution in [3.63, 3.8) is 0 Å². The predicted octanol–water partition coefficient (Wildman–Crippen LogP) is 5.24. The number of halogens is 4. The summed E-state index contributed by atoms with van der Waals surface area (Å²) in [5.41, 5.74) is 6.47. The number of benzene rings is 1. The number of nitrogens with zero attached hydrogens (tertiary/aromatic N) is 1. The van der Waals surface area contributed by atoms with E-state index in [0.717, 1.165) is 14.6 Å². The van der Waals surface area contributed by atoms with Crippen LogP contribution in [0.2, 0.25) is 10.0 Å². The standard InChI is InChI=1S/C11H7Br2Cl2N3/c12-5-1-2-9(6(13)3-5)17-11-8(15)4-7(14)10(16)18-11/h1-4H,(H3,16,17,18). The average molecular weight is 412 g/mol. The summed E-state index contributed by atoms with van der Waals surface area (Å²) in [5.74, 6) is 0.693. The number of hydrogen-bond acceptors (Lipinski definition) is 3. The lowest BCUT2D eigenvalue weighted by Gasteiger charge is -2.10. The highest BCUT2D eigenvalue weighted by Crippen LogP contribution is 2.33. The summed E-state index contributed by atoms with van der Waals surface area (Å²) in [6, 6.07) is 7.26. The van der Waals surface area contributed by atoms with Crippen molar-refractivity contribution in [2.24, 2.45) is 0 Å². The lowest BCUT2D eigenvalue weighted by Crippen LogP contribution is -1.99. The minimum absolute atomic E-state index is 0.233. The van der Waals surface area contributed by atoms with Crippen LogP contribution in [0.3, 0.4) is 0 Å². The molecule has 3 N–H and O–H groups in total. The second-order valence-corrected chi connectivity index (χ2v) is 6.02. The zero-order valence-corrected chi connectivity index (χ0v) is 13.5. The summed E-state index contributed by atoms with van der Waals surface area (Å²) in [6.45, 7) is 0. The molecule has 0 spiro atoms. The third-order valence-electron chi connectivity index (χ3n) is 2.14. The second kappa shape index (κ2) is 5.65. The second-order valence-electron chi connectivity index (χ2n) is 3.44. The van der Waals surface area contributed by atoms with Gasteiger partial charge in [-0.2, -0.15) is 0 Å². The monoisotopic (exact) mass is 409 g/mol. The zero-order chi connectivity index (χ0) is 13.3. The van der Waals surface area contributed by atoms with Crippen LogP contribution in [0.5, 0.6) is 0 Å². The molecule has 0 aliphatic rings. The maximum Gasteiger partial charge on any atom is 0.151 e. The van der Waals surface area contributed by atoms with Gasteiger partial charge in [0.2, 0.25) is 0 Å². The zero-order valence-electron chi connectivity index (χ0n) is 8.85. The molecule has 1 aromatic heterocycles. The third-order valence-corrected chi connectivity index (χ3v) is 3.88. The Bertz CT molecular complexity index is 605. The average Bonchev–Trinajstić information content (AvgIpc) is 2.29. The summed E-state index contributed by atoms with van der Waals surface area (Å²) >= 11 is 18.7. The largest absolute Gasteiger partial charge is 0.382 e. The van der Waals surface area contributed by atoms with Gasteiger partial charge in [-0.3, -0.25) is 0 Å². The first kappa shape index (κ1) is 13.9.